The molecule has 1 unspecified atom stereocenters. The Labute approximate surface area is 163 Å². The van der Waals surface area contributed by atoms with Gasteiger partial charge in [-0.1, -0.05) is 38.4 Å². The van der Waals surface area contributed by atoms with Crippen LogP contribution in [0.3, 0.4) is 0 Å². The standard InChI is InChI=1S/C21H21ClN2O3/c1-12-14(22)6-5-7-15(12)24-17(13-8-10-23-11-9-13)16(18(25)20(24)27)19(26)21(2,3)4/h5-11,17,25H,1-4H3. The summed E-state index contributed by atoms with van der Waals surface area (Å²) < 4.78 is 0. The molecule has 0 radical (unpaired) electrons. The fourth-order valence-electron chi connectivity index (χ4n) is 3.21. The molecule has 5 nitrogen and oxygen atoms in total. The Hall–Kier alpha value is -2.66. The van der Waals surface area contributed by atoms with Gasteiger partial charge < -0.3 is 5.11 Å². The zero-order valence-electron chi connectivity index (χ0n) is 15.7. The summed E-state index contributed by atoms with van der Waals surface area (Å²) in [5, 5.41) is 11.1. The van der Waals surface area contributed by atoms with Gasteiger partial charge in [0.15, 0.2) is 11.5 Å². The van der Waals surface area contributed by atoms with Gasteiger partial charge in [-0.25, -0.2) is 0 Å². The summed E-state index contributed by atoms with van der Waals surface area (Å²) >= 11 is 6.25. The van der Waals surface area contributed by atoms with Crippen molar-refractivity contribution in [2.45, 2.75) is 33.7 Å². The Morgan fingerprint density at radius 3 is 2.41 bits per heavy atom. The Balaban J connectivity index is 2.25. The van der Waals surface area contributed by atoms with Gasteiger partial charge in [-0.05, 0) is 42.3 Å². The van der Waals surface area contributed by atoms with E-state index >= 15 is 0 Å². The minimum absolute atomic E-state index is 0.0954. The normalized spacial score (nSPS) is 17.6. The van der Waals surface area contributed by atoms with E-state index in [4.69, 9.17) is 11.6 Å². The molecule has 0 spiro atoms. The molecule has 1 aliphatic heterocycles. The Kier molecular flexibility index (Phi) is 4.82. The molecule has 0 fully saturated rings. The van der Waals surface area contributed by atoms with Gasteiger partial charge in [-0.3, -0.25) is 19.5 Å². The maximum atomic E-state index is 13.1. The molecule has 1 aromatic carbocycles. The van der Waals surface area contributed by atoms with E-state index in [1.165, 1.54) is 4.90 Å². The predicted octanol–water partition coefficient (Wildman–Crippen LogP) is 4.56. The molecule has 27 heavy (non-hydrogen) atoms. The molecule has 0 saturated carbocycles. The maximum absolute atomic E-state index is 13.1. The van der Waals surface area contributed by atoms with Crippen molar-refractivity contribution in [2.24, 2.45) is 5.41 Å². The topological polar surface area (TPSA) is 70.5 Å². The number of ketones is 1. The van der Waals surface area contributed by atoms with Crippen LogP contribution >= 0.6 is 11.6 Å². The van der Waals surface area contributed by atoms with Crippen LogP contribution in [0.15, 0.2) is 54.1 Å². The fraction of sp³-hybridized carbons (Fsp3) is 0.286. The molecule has 1 aliphatic rings. The van der Waals surface area contributed by atoms with Crippen molar-refractivity contribution < 1.29 is 14.7 Å². The number of carbonyl (C=O) groups is 2. The van der Waals surface area contributed by atoms with Crippen LogP contribution in [0.1, 0.15) is 37.9 Å². The zero-order chi connectivity index (χ0) is 19.9. The van der Waals surface area contributed by atoms with Crippen molar-refractivity contribution in [3.63, 3.8) is 0 Å². The first-order chi connectivity index (χ1) is 12.6. The molecule has 0 bridgehead atoms. The van der Waals surface area contributed by atoms with Crippen LogP contribution < -0.4 is 4.90 Å². The number of carbonyl (C=O) groups excluding carboxylic acids is 2. The number of aliphatic hydroxyl groups is 1. The number of anilines is 1. The molecule has 0 aliphatic carbocycles. The lowest BCUT2D eigenvalue weighted by Crippen LogP contribution is -2.33. The predicted molar refractivity (Wildman–Crippen MR) is 105 cm³/mol. The summed E-state index contributed by atoms with van der Waals surface area (Å²) in [5.41, 5.74) is 1.28. The number of hydrogen-bond acceptors (Lipinski definition) is 4. The number of aromatic nitrogens is 1. The molecule has 3 rings (SSSR count). The average molecular weight is 385 g/mol. The lowest BCUT2D eigenvalue weighted by Gasteiger charge is -2.30. The smallest absolute Gasteiger partial charge is 0.294 e. The minimum atomic E-state index is -0.756. The molecule has 1 atom stereocenters. The summed E-state index contributed by atoms with van der Waals surface area (Å²) in [6.45, 7) is 7.08. The van der Waals surface area contributed by atoms with Gasteiger partial charge in [0.1, 0.15) is 0 Å². The summed E-state index contributed by atoms with van der Waals surface area (Å²) in [5.74, 6) is -1.41. The van der Waals surface area contributed by atoms with E-state index in [2.05, 4.69) is 4.98 Å². The van der Waals surface area contributed by atoms with E-state index in [1.807, 2.05) is 0 Å². The van der Waals surface area contributed by atoms with Gasteiger partial charge in [0.25, 0.3) is 5.91 Å². The van der Waals surface area contributed by atoms with Crippen molar-refractivity contribution in [3.8, 4) is 0 Å². The van der Waals surface area contributed by atoms with Crippen molar-refractivity contribution in [3.05, 3.63) is 70.2 Å². The number of amides is 1. The average Bonchev–Trinajstić information content (AvgIpc) is 2.88. The number of pyridine rings is 1. The van der Waals surface area contributed by atoms with E-state index in [0.29, 0.717) is 21.8 Å². The number of aliphatic hydroxyl groups excluding tert-OH is 1. The number of hydrogen-bond donors (Lipinski definition) is 1. The van der Waals surface area contributed by atoms with Gasteiger partial charge in [0, 0.05) is 28.5 Å². The van der Waals surface area contributed by atoms with Crippen LogP contribution in [0.25, 0.3) is 0 Å². The SMILES string of the molecule is Cc1c(Cl)cccc1N1C(=O)C(O)=C(C(=O)C(C)(C)C)C1c1ccncc1. The largest absolute Gasteiger partial charge is 0.503 e. The first-order valence-corrected chi connectivity index (χ1v) is 8.99. The van der Waals surface area contributed by atoms with Crippen LogP contribution in [0.2, 0.25) is 5.02 Å². The second-order valence-corrected chi connectivity index (χ2v) is 7.99. The highest BCUT2D eigenvalue weighted by Gasteiger charge is 2.47. The summed E-state index contributed by atoms with van der Waals surface area (Å²) in [6.07, 6.45) is 3.19. The van der Waals surface area contributed by atoms with Crippen LogP contribution in [-0.2, 0) is 9.59 Å². The van der Waals surface area contributed by atoms with E-state index < -0.39 is 23.1 Å². The van der Waals surface area contributed by atoms with E-state index in [9.17, 15) is 14.7 Å². The molecular weight excluding hydrogens is 364 g/mol. The number of nitrogens with zero attached hydrogens (tertiary/aromatic N) is 2. The lowest BCUT2D eigenvalue weighted by atomic mass is 9.82. The van der Waals surface area contributed by atoms with Gasteiger partial charge >= 0.3 is 0 Å². The number of halogens is 1. The molecular formula is C21H21ClN2O3. The molecule has 1 N–H and O–H groups in total. The number of benzene rings is 1. The Morgan fingerprint density at radius 1 is 1.19 bits per heavy atom. The van der Waals surface area contributed by atoms with Crippen molar-refractivity contribution in [1.82, 2.24) is 4.98 Å². The second kappa shape index (κ2) is 6.82. The van der Waals surface area contributed by atoms with Gasteiger partial charge in [-0.15, -0.1) is 0 Å². The van der Waals surface area contributed by atoms with E-state index in [-0.39, 0.29) is 11.4 Å². The molecule has 6 heteroatoms. The summed E-state index contributed by atoms with van der Waals surface area (Å²) in [6, 6.07) is 7.95. The van der Waals surface area contributed by atoms with Gasteiger partial charge in [-0.2, -0.15) is 0 Å². The molecule has 2 aromatic rings. The molecule has 1 amide bonds. The van der Waals surface area contributed by atoms with Crippen molar-refractivity contribution in [1.29, 1.82) is 0 Å². The number of rotatable bonds is 3. The number of Topliss-reactive ketones (excluding diaryl/α,β-unsaturated/α-hetero) is 1. The highest BCUT2D eigenvalue weighted by Crippen LogP contribution is 2.44. The zero-order valence-corrected chi connectivity index (χ0v) is 16.4. The molecule has 2 heterocycles. The summed E-state index contributed by atoms with van der Waals surface area (Å²) in [7, 11) is 0. The van der Waals surface area contributed by atoms with Crippen LogP contribution in [0.5, 0.6) is 0 Å². The Morgan fingerprint density at radius 2 is 1.81 bits per heavy atom. The third-order valence-corrected chi connectivity index (χ3v) is 5.06. The highest BCUT2D eigenvalue weighted by atomic mass is 35.5. The van der Waals surface area contributed by atoms with Gasteiger partial charge in [0.2, 0.25) is 0 Å². The highest BCUT2D eigenvalue weighted by molar-refractivity contribution is 6.32. The second-order valence-electron chi connectivity index (χ2n) is 7.58. The van der Waals surface area contributed by atoms with E-state index in [1.54, 1.807) is 70.4 Å². The van der Waals surface area contributed by atoms with Crippen molar-refractivity contribution in [2.75, 3.05) is 4.90 Å². The summed E-state index contributed by atoms with van der Waals surface area (Å²) in [4.78, 5) is 31.5. The van der Waals surface area contributed by atoms with Crippen LogP contribution in [0, 0.1) is 12.3 Å². The van der Waals surface area contributed by atoms with E-state index in [0.717, 1.165) is 0 Å². The first kappa shape index (κ1) is 19.1. The Bertz CT molecular complexity index is 946. The maximum Gasteiger partial charge on any atom is 0.294 e. The third kappa shape index (κ3) is 3.23. The van der Waals surface area contributed by atoms with Gasteiger partial charge in [0.05, 0.1) is 11.6 Å². The van der Waals surface area contributed by atoms with Crippen LogP contribution in [0.4, 0.5) is 5.69 Å². The lowest BCUT2D eigenvalue weighted by molar-refractivity contribution is -0.123. The monoisotopic (exact) mass is 384 g/mol. The molecule has 1 aromatic heterocycles. The fourth-order valence-corrected chi connectivity index (χ4v) is 3.38. The molecule has 140 valence electrons. The minimum Gasteiger partial charge on any atom is -0.503 e. The molecule has 0 saturated heterocycles. The quantitative estimate of drug-likeness (QED) is 0.842. The van der Waals surface area contributed by atoms with Crippen molar-refractivity contribution >= 4 is 29.0 Å². The third-order valence-electron chi connectivity index (χ3n) is 4.65. The van der Waals surface area contributed by atoms with Crippen LogP contribution in [-0.4, -0.2) is 21.8 Å². The first-order valence-electron chi connectivity index (χ1n) is 8.61.